The quantitative estimate of drug-likeness (QED) is 0.670. The molecule has 6 nitrogen and oxygen atoms in total. The molecule has 1 aliphatic carbocycles. The monoisotopic (exact) mass is 302 g/mol. The maximum absolute atomic E-state index is 11.9. The molecule has 1 aliphatic rings. The molecule has 0 aromatic heterocycles. The third kappa shape index (κ3) is 7.11. The highest BCUT2D eigenvalue weighted by atomic mass is 16.7. The lowest BCUT2D eigenvalue weighted by Crippen LogP contribution is -2.49. The van der Waals surface area contributed by atoms with Crippen LogP contribution in [0.3, 0.4) is 0 Å². The molecule has 1 saturated carbocycles. The molecule has 124 valence electrons. The average molecular weight is 302 g/mol. The van der Waals surface area contributed by atoms with Crippen molar-refractivity contribution in [3.05, 3.63) is 0 Å². The van der Waals surface area contributed by atoms with E-state index in [1.54, 1.807) is 14.2 Å². The number of hydrogen-bond donors (Lipinski definition) is 2. The Hall–Kier alpha value is -0.850. The van der Waals surface area contributed by atoms with Crippen molar-refractivity contribution in [2.24, 2.45) is 5.92 Å². The molecule has 0 spiro atoms. The van der Waals surface area contributed by atoms with Crippen LogP contribution in [0.5, 0.6) is 0 Å². The Morgan fingerprint density at radius 2 is 1.81 bits per heavy atom. The van der Waals surface area contributed by atoms with E-state index < -0.39 is 5.60 Å². The normalized spacial score (nSPS) is 18.4. The lowest BCUT2D eigenvalue weighted by Gasteiger charge is -2.27. The minimum Gasteiger partial charge on any atom is -0.444 e. The lowest BCUT2D eigenvalue weighted by molar-refractivity contribution is -0.119. The van der Waals surface area contributed by atoms with Crippen molar-refractivity contribution in [2.75, 3.05) is 20.8 Å². The van der Waals surface area contributed by atoms with Crippen molar-refractivity contribution in [3.63, 3.8) is 0 Å². The second-order valence-corrected chi connectivity index (χ2v) is 6.63. The molecule has 1 amide bonds. The van der Waals surface area contributed by atoms with Crippen LogP contribution >= 0.6 is 0 Å². The zero-order valence-electron chi connectivity index (χ0n) is 14.1. The van der Waals surface area contributed by atoms with Crippen LogP contribution in [0.25, 0.3) is 0 Å². The van der Waals surface area contributed by atoms with Gasteiger partial charge in [0.15, 0.2) is 6.29 Å². The van der Waals surface area contributed by atoms with E-state index in [0.717, 1.165) is 12.8 Å². The molecule has 1 fully saturated rings. The van der Waals surface area contributed by atoms with Crippen LogP contribution in [0.15, 0.2) is 0 Å². The molecule has 0 heterocycles. The molecular formula is C15H30N2O4. The summed E-state index contributed by atoms with van der Waals surface area (Å²) in [5.41, 5.74) is -0.476. The maximum Gasteiger partial charge on any atom is 0.407 e. The summed E-state index contributed by atoms with van der Waals surface area (Å²) in [5.74, 6) is 0.528. The van der Waals surface area contributed by atoms with Gasteiger partial charge >= 0.3 is 6.09 Å². The number of nitrogens with one attached hydrogen (secondary N) is 2. The Morgan fingerprint density at radius 3 is 2.24 bits per heavy atom. The number of carbonyl (C=O) groups is 1. The Balaban J connectivity index is 2.42. The van der Waals surface area contributed by atoms with Crippen molar-refractivity contribution in [2.45, 2.75) is 64.5 Å². The summed E-state index contributed by atoms with van der Waals surface area (Å²) in [5, 5.41) is 6.31. The van der Waals surface area contributed by atoms with Crippen LogP contribution in [0.2, 0.25) is 0 Å². The molecule has 1 rings (SSSR count). The van der Waals surface area contributed by atoms with Gasteiger partial charge in [-0.1, -0.05) is 0 Å². The van der Waals surface area contributed by atoms with Crippen molar-refractivity contribution in [1.82, 2.24) is 10.6 Å². The highest BCUT2D eigenvalue weighted by Gasteiger charge is 2.33. The van der Waals surface area contributed by atoms with E-state index in [-0.39, 0.29) is 24.5 Å². The minimum atomic E-state index is -0.476. The second kappa shape index (κ2) is 7.96. The number of rotatable bonds is 8. The van der Waals surface area contributed by atoms with Crippen LogP contribution in [0, 0.1) is 5.92 Å². The Morgan fingerprint density at radius 1 is 1.24 bits per heavy atom. The van der Waals surface area contributed by atoms with Gasteiger partial charge in [0.05, 0.1) is 6.04 Å². The molecule has 6 heteroatoms. The summed E-state index contributed by atoms with van der Waals surface area (Å²) in [6.07, 6.45) is 1.64. The van der Waals surface area contributed by atoms with Crippen LogP contribution in [0.1, 0.15) is 40.5 Å². The number of methoxy groups -OCH3 is 2. The molecule has 0 bridgehead atoms. The van der Waals surface area contributed by atoms with Gasteiger partial charge in [-0.25, -0.2) is 4.79 Å². The first-order valence-electron chi connectivity index (χ1n) is 7.55. The molecule has 0 aliphatic heterocycles. The number of alkyl carbamates (subject to hydrolysis) is 1. The predicted molar refractivity (Wildman–Crippen MR) is 81.2 cm³/mol. The molecule has 2 N–H and O–H groups in total. The number of carbonyl (C=O) groups excluding carboxylic acids is 1. The van der Waals surface area contributed by atoms with Crippen LogP contribution in [0.4, 0.5) is 4.79 Å². The number of amides is 1. The Labute approximate surface area is 127 Å². The van der Waals surface area contributed by atoms with Crippen molar-refractivity contribution < 1.29 is 19.0 Å². The molecule has 2 atom stereocenters. The fourth-order valence-electron chi connectivity index (χ4n) is 2.21. The highest BCUT2D eigenvalue weighted by molar-refractivity contribution is 5.68. The molecule has 21 heavy (non-hydrogen) atoms. The van der Waals surface area contributed by atoms with E-state index in [2.05, 4.69) is 10.6 Å². The lowest BCUT2D eigenvalue weighted by atomic mass is 10.1. The summed E-state index contributed by atoms with van der Waals surface area (Å²) in [6, 6.07) is 0.123. The third-order valence-electron chi connectivity index (χ3n) is 3.43. The molecule has 0 radical (unpaired) electrons. The predicted octanol–water partition coefficient (Wildman–Crippen LogP) is 1.89. The molecule has 0 aromatic rings. The van der Waals surface area contributed by atoms with Gasteiger partial charge in [-0.3, -0.25) is 0 Å². The van der Waals surface area contributed by atoms with E-state index >= 15 is 0 Å². The number of hydrogen-bond acceptors (Lipinski definition) is 5. The largest absolute Gasteiger partial charge is 0.444 e. The standard InChI is InChI=1S/C15H30N2O4/c1-10(13(19-5)20-6)16-9-12(11-7-8-11)17-14(18)21-15(2,3)4/h10-13,16H,7-9H2,1-6H3,(H,17,18). The molecule has 0 aromatic carbocycles. The third-order valence-corrected chi connectivity index (χ3v) is 3.43. The van der Waals surface area contributed by atoms with Gasteiger partial charge in [0, 0.05) is 26.8 Å². The van der Waals surface area contributed by atoms with Gasteiger partial charge in [0.25, 0.3) is 0 Å². The van der Waals surface area contributed by atoms with Gasteiger partial charge < -0.3 is 24.8 Å². The van der Waals surface area contributed by atoms with Crippen molar-refractivity contribution in [1.29, 1.82) is 0 Å². The van der Waals surface area contributed by atoms with Crippen LogP contribution in [-0.4, -0.2) is 50.8 Å². The van der Waals surface area contributed by atoms with Gasteiger partial charge in [-0.05, 0) is 46.5 Å². The summed E-state index contributed by atoms with van der Waals surface area (Å²) >= 11 is 0. The van der Waals surface area contributed by atoms with E-state index in [9.17, 15) is 4.79 Å². The van der Waals surface area contributed by atoms with E-state index in [1.165, 1.54) is 0 Å². The van der Waals surface area contributed by atoms with Crippen molar-refractivity contribution in [3.8, 4) is 0 Å². The summed E-state index contributed by atoms with van der Waals surface area (Å²) in [4.78, 5) is 11.9. The van der Waals surface area contributed by atoms with Gasteiger partial charge in [-0.2, -0.15) is 0 Å². The first kappa shape index (κ1) is 18.2. The Kier molecular flexibility index (Phi) is 6.90. The van der Waals surface area contributed by atoms with Crippen molar-refractivity contribution >= 4 is 6.09 Å². The maximum atomic E-state index is 11.9. The van der Waals surface area contributed by atoms with Gasteiger partial charge in [0.1, 0.15) is 5.60 Å². The summed E-state index contributed by atoms with van der Waals surface area (Å²) < 4.78 is 15.8. The zero-order chi connectivity index (χ0) is 16.0. The summed E-state index contributed by atoms with van der Waals surface area (Å²) in [7, 11) is 3.23. The molecule has 2 unspecified atom stereocenters. The second-order valence-electron chi connectivity index (χ2n) is 6.63. The van der Waals surface area contributed by atoms with Crippen LogP contribution < -0.4 is 10.6 Å². The molecular weight excluding hydrogens is 272 g/mol. The van der Waals surface area contributed by atoms with Gasteiger partial charge in [0.2, 0.25) is 0 Å². The fraction of sp³-hybridized carbons (Fsp3) is 0.933. The summed E-state index contributed by atoms with van der Waals surface area (Å²) in [6.45, 7) is 8.26. The fourth-order valence-corrected chi connectivity index (χ4v) is 2.21. The minimum absolute atomic E-state index is 0.0432. The average Bonchev–Trinajstić information content (AvgIpc) is 3.17. The smallest absolute Gasteiger partial charge is 0.407 e. The van der Waals surface area contributed by atoms with E-state index in [4.69, 9.17) is 14.2 Å². The molecule has 0 saturated heterocycles. The number of ether oxygens (including phenoxy) is 3. The SMILES string of the molecule is COC(OC)C(C)NCC(NC(=O)OC(C)(C)C)C1CC1. The first-order chi connectivity index (χ1) is 9.76. The Bertz CT molecular complexity index is 322. The highest BCUT2D eigenvalue weighted by Crippen LogP contribution is 2.32. The topological polar surface area (TPSA) is 68.8 Å². The first-order valence-corrected chi connectivity index (χ1v) is 7.55. The van der Waals surface area contributed by atoms with E-state index in [0.29, 0.717) is 12.5 Å². The van der Waals surface area contributed by atoms with E-state index in [1.807, 2.05) is 27.7 Å². The van der Waals surface area contributed by atoms with Gasteiger partial charge in [-0.15, -0.1) is 0 Å². The van der Waals surface area contributed by atoms with Crippen LogP contribution in [-0.2, 0) is 14.2 Å². The zero-order valence-corrected chi connectivity index (χ0v) is 14.1.